The predicted octanol–water partition coefficient (Wildman–Crippen LogP) is 6.20. The smallest absolute Gasteiger partial charge is 0.264 e. The minimum atomic E-state index is -3.97. The molecule has 0 saturated heterocycles. The third kappa shape index (κ3) is 6.83. The highest BCUT2D eigenvalue weighted by molar-refractivity contribution is 7.98. The average molecular weight is 558 g/mol. The lowest BCUT2D eigenvalue weighted by Crippen LogP contribution is -2.41. The van der Waals surface area contributed by atoms with E-state index in [0.717, 1.165) is 9.87 Å². The van der Waals surface area contributed by atoms with E-state index < -0.39 is 15.9 Å². The second-order valence-electron chi connectivity index (χ2n) is 7.36. The molecular formula is C24H23Cl3N2O3S2. The van der Waals surface area contributed by atoms with Crippen molar-refractivity contribution in [1.29, 1.82) is 0 Å². The number of carbonyl (C=O) groups is 1. The molecule has 180 valence electrons. The molecule has 1 N–H and O–H groups in total. The number of hydrogen-bond donors (Lipinski definition) is 1. The normalized spacial score (nSPS) is 11.3. The zero-order valence-corrected chi connectivity index (χ0v) is 22.2. The van der Waals surface area contributed by atoms with Gasteiger partial charge in [0.25, 0.3) is 10.0 Å². The Balaban J connectivity index is 1.67. The van der Waals surface area contributed by atoms with Gasteiger partial charge in [0.15, 0.2) is 0 Å². The topological polar surface area (TPSA) is 66.5 Å². The summed E-state index contributed by atoms with van der Waals surface area (Å²) >= 11 is 20.0. The Morgan fingerprint density at radius 3 is 2.29 bits per heavy atom. The van der Waals surface area contributed by atoms with Gasteiger partial charge in [-0.25, -0.2) is 8.42 Å². The summed E-state index contributed by atoms with van der Waals surface area (Å²) in [6.07, 6.45) is 0. The van der Waals surface area contributed by atoms with Crippen LogP contribution in [0.4, 0.5) is 5.69 Å². The van der Waals surface area contributed by atoms with Crippen molar-refractivity contribution >= 4 is 68.2 Å². The lowest BCUT2D eigenvalue weighted by Gasteiger charge is -2.25. The molecule has 0 aliphatic carbocycles. The van der Waals surface area contributed by atoms with Crippen molar-refractivity contribution in [3.8, 4) is 0 Å². The van der Waals surface area contributed by atoms with Crippen molar-refractivity contribution in [3.63, 3.8) is 0 Å². The van der Waals surface area contributed by atoms with Crippen molar-refractivity contribution in [2.45, 2.75) is 17.6 Å². The fourth-order valence-corrected chi connectivity index (χ4v) is 6.54. The Bertz CT molecular complexity index is 1240. The van der Waals surface area contributed by atoms with Crippen LogP contribution in [0.3, 0.4) is 0 Å². The molecule has 0 aliphatic rings. The Hall–Kier alpha value is -1.90. The van der Waals surface area contributed by atoms with E-state index in [1.807, 2.05) is 0 Å². The zero-order chi connectivity index (χ0) is 24.7. The fourth-order valence-electron chi connectivity index (χ4n) is 3.21. The Morgan fingerprint density at radius 2 is 1.65 bits per heavy atom. The van der Waals surface area contributed by atoms with E-state index in [2.05, 4.69) is 5.32 Å². The summed E-state index contributed by atoms with van der Waals surface area (Å²) in [5.74, 6) is 0.802. The van der Waals surface area contributed by atoms with Gasteiger partial charge in [-0.3, -0.25) is 9.10 Å². The summed E-state index contributed by atoms with van der Waals surface area (Å²) in [5, 5.41) is 4.48. The van der Waals surface area contributed by atoms with Crippen LogP contribution in [-0.2, 0) is 20.6 Å². The van der Waals surface area contributed by atoms with Gasteiger partial charge >= 0.3 is 0 Å². The Kier molecular flexibility index (Phi) is 9.56. The van der Waals surface area contributed by atoms with Crippen molar-refractivity contribution in [2.24, 2.45) is 0 Å². The molecule has 0 aliphatic heterocycles. The maximum absolute atomic E-state index is 13.4. The van der Waals surface area contributed by atoms with Gasteiger partial charge in [-0.2, -0.15) is 11.8 Å². The third-order valence-electron chi connectivity index (χ3n) is 4.92. The van der Waals surface area contributed by atoms with Gasteiger partial charge in [-0.1, -0.05) is 59.1 Å². The highest BCUT2D eigenvalue weighted by atomic mass is 35.5. The second-order valence-corrected chi connectivity index (χ2v) is 11.6. The van der Waals surface area contributed by atoms with Crippen molar-refractivity contribution in [1.82, 2.24) is 5.32 Å². The van der Waals surface area contributed by atoms with Gasteiger partial charge in [-0.05, 0) is 60.5 Å². The lowest BCUT2D eigenvalue weighted by molar-refractivity contribution is -0.119. The molecule has 0 fully saturated rings. The number of aryl methyl sites for hydroxylation is 1. The molecule has 0 aromatic heterocycles. The number of rotatable bonds is 10. The standard InChI is InChI=1S/C24H23Cl3N2O3S2/c1-17-14-18(25)10-11-23(17)29(34(31,32)19-6-3-2-4-7-19)15-24(30)28-12-13-33-16-20-21(26)8-5-9-22(20)27/h2-11,14H,12-13,15-16H2,1H3,(H,28,30). The first-order chi connectivity index (χ1) is 16.2. The Labute approximate surface area is 219 Å². The highest BCUT2D eigenvalue weighted by Gasteiger charge is 2.28. The molecular weight excluding hydrogens is 535 g/mol. The molecule has 34 heavy (non-hydrogen) atoms. The van der Waals surface area contributed by atoms with E-state index in [9.17, 15) is 13.2 Å². The van der Waals surface area contributed by atoms with Crippen molar-refractivity contribution in [3.05, 3.63) is 92.9 Å². The van der Waals surface area contributed by atoms with Gasteiger partial charge in [0, 0.05) is 33.1 Å². The quantitative estimate of drug-likeness (QED) is 0.301. The number of carbonyl (C=O) groups excluding carboxylic acids is 1. The number of nitrogens with zero attached hydrogens (tertiary/aromatic N) is 1. The summed E-state index contributed by atoms with van der Waals surface area (Å²) < 4.78 is 27.9. The minimum absolute atomic E-state index is 0.101. The van der Waals surface area contributed by atoms with Crippen LogP contribution in [0.1, 0.15) is 11.1 Å². The number of sulfonamides is 1. The molecule has 0 unspecified atom stereocenters. The third-order valence-corrected chi connectivity index (χ3v) is 8.63. The number of thioether (sulfide) groups is 1. The van der Waals surface area contributed by atoms with E-state index in [0.29, 0.717) is 44.4 Å². The van der Waals surface area contributed by atoms with Gasteiger partial charge in [0.05, 0.1) is 10.6 Å². The van der Waals surface area contributed by atoms with Gasteiger partial charge < -0.3 is 5.32 Å². The molecule has 0 saturated carbocycles. The molecule has 3 aromatic rings. The number of benzene rings is 3. The zero-order valence-electron chi connectivity index (χ0n) is 18.3. The molecule has 10 heteroatoms. The van der Waals surface area contributed by atoms with E-state index in [1.165, 1.54) is 12.1 Å². The monoisotopic (exact) mass is 556 g/mol. The number of hydrogen-bond acceptors (Lipinski definition) is 4. The molecule has 0 atom stereocenters. The number of amides is 1. The van der Waals surface area contributed by atoms with E-state index in [-0.39, 0.29) is 11.4 Å². The van der Waals surface area contributed by atoms with Crippen LogP contribution in [0.5, 0.6) is 0 Å². The summed E-state index contributed by atoms with van der Waals surface area (Å²) in [4.78, 5) is 12.8. The van der Waals surface area contributed by atoms with Crippen molar-refractivity contribution < 1.29 is 13.2 Å². The molecule has 0 heterocycles. The van der Waals surface area contributed by atoms with Crippen LogP contribution < -0.4 is 9.62 Å². The fraction of sp³-hybridized carbons (Fsp3) is 0.208. The Morgan fingerprint density at radius 1 is 0.971 bits per heavy atom. The van der Waals surface area contributed by atoms with Gasteiger partial charge in [-0.15, -0.1) is 0 Å². The maximum atomic E-state index is 13.4. The van der Waals surface area contributed by atoms with Gasteiger partial charge in [0.2, 0.25) is 5.91 Å². The molecule has 0 spiro atoms. The second kappa shape index (κ2) is 12.2. The maximum Gasteiger partial charge on any atom is 0.264 e. The predicted molar refractivity (Wildman–Crippen MR) is 143 cm³/mol. The van der Waals surface area contributed by atoms with E-state index >= 15 is 0 Å². The van der Waals surface area contributed by atoms with Gasteiger partial charge in [0.1, 0.15) is 6.54 Å². The summed E-state index contributed by atoms with van der Waals surface area (Å²) in [6, 6.07) is 18.2. The molecule has 0 radical (unpaired) electrons. The minimum Gasteiger partial charge on any atom is -0.354 e. The number of nitrogens with one attached hydrogen (secondary N) is 1. The number of anilines is 1. The largest absolute Gasteiger partial charge is 0.354 e. The van der Waals surface area contributed by atoms with Crippen LogP contribution in [0.25, 0.3) is 0 Å². The summed E-state index contributed by atoms with van der Waals surface area (Å²) in [6.45, 7) is 1.76. The van der Waals surface area contributed by atoms with Crippen molar-refractivity contribution in [2.75, 3.05) is 23.1 Å². The van der Waals surface area contributed by atoms with Crippen LogP contribution >= 0.6 is 46.6 Å². The first kappa shape index (κ1) is 26.7. The first-order valence-corrected chi connectivity index (χ1v) is 14.0. The number of halogens is 3. The first-order valence-electron chi connectivity index (χ1n) is 10.3. The van der Waals surface area contributed by atoms with Crippen LogP contribution in [0.2, 0.25) is 15.1 Å². The molecule has 3 rings (SSSR count). The molecule has 5 nitrogen and oxygen atoms in total. The molecule has 1 amide bonds. The van der Waals surface area contributed by atoms with Crippen LogP contribution in [-0.4, -0.2) is 33.2 Å². The summed E-state index contributed by atoms with van der Waals surface area (Å²) in [7, 11) is -3.97. The van der Waals surface area contributed by atoms with Crippen LogP contribution in [0.15, 0.2) is 71.6 Å². The average Bonchev–Trinajstić information content (AvgIpc) is 2.80. The molecule has 0 bridgehead atoms. The van der Waals surface area contributed by atoms with Crippen LogP contribution in [0, 0.1) is 6.92 Å². The molecule has 3 aromatic carbocycles. The van der Waals surface area contributed by atoms with E-state index in [1.54, 1.807) is 73.3 Å². The highest BCUT2D eigenvalue weighted by Crippen LogP contribution is 2.29. The SMILES string of the molecule is Cc1cc(Cl)ccc1N(CC(=O)NCCSCc1c(Cl)cccc1Cl)S(=O)(=O)c1ccccc1. The van der Waals surface area contributed by atoms with E-state index in [4.69, 9.17) is 34.8 Å². The summed E-state index contributed by atoms with van der Waals surface area (Å²) in [5.41, 5.74) is 1.89. The lowest BCUT2D eigenvalue weighted by atomic mass is 10.2.